The summed E-state index contributed by atoms with van der Waals surface area (Å²) in [5, 5.41) is 0. The van der Waals surface area contributed by atoms with Gasteiger partial charge in [0.2, 0.25) is 0 Å². The van der Waals surface area contributed by atoms with Crippen molar-refractivity contribution in [3.05, 3.63) is 12.7 Å². The van der Waals surface area contributed by atoms with Crippen LogP contribution in [0.3, 0.4) is 0 Å². The Balaban J connectivity index is 3.79. The van der Waals surface area contributed by atoms with Gasteiger partial charge in [-0.25, -0.2) is 0 Å². The molecule has 0 aromatic carbocycles. The molecule has 58 valence electrons. The first-order valence-electron chi connectivity index (χ1n) is 3.45. The van der Waals surface area contributed by atoms with Gasteiger partial charge in [-0.1, -0.05) is 19.9 Å². The first-order chi connectivity index (χ1) is 4.76. The van der Waals surface area contributed by atoms with Gasteiger partial charge in [0.1, 0.15) is 6.10 Å². The van der Waals surface area contributed by atoms with Gasteiger partial charge in [0, 0.05) is 7.11 Å². The lowest BCUT2D eigenvalue weighted by atomic mass is 10.1. The van der Waals surface area contributed by atoms with E-state index in [0.717, 1.165) is 12.8 Å². The van der Waals surface area contributed by atoms with Gasteiger partial charge in [0.15, 0.2) is 5.78 Å². The Morgan fingerprint density at radius 2 is 2.40 bits per heavy atom. The minimum atomic E-state index is -0.275. The van der Waals surface area contributed by atoms with Crippen LogP contribution in [0.4, 0.5) is 0 Å². The molecule has 2 heteroatoms. The molecule has 0 aliphatic heterocycles. The normalized spacial score (nSPS) is 12.6. The maximum Gasteiger partial charge on any atom is 0.183 e. The van der Waals surface area contributed by atoms with E-state index >= 15 is 0 Å². The average Bonchev–Trinajstić information content (AvgIpc) is 1.99. The Bertz CT molecular complexity index is 118. The molecule has 1 atom stereocenters. The van der Waals surface area contributed by atoms with E-state index in [-0.39, 0.29) is 11.9 Å². The molecule has 0 aliphatic carbocycles. The molecule has 0 rings (SSSR count). The molecule has 0 amide bonds. The van der Waals surface area contributed by atoms with Crippen molar-refractivity contribution < 1.29 is 9.53 Å². The quantitative estimate of drug-likeness (QED) is 0.544. The van der Waals surface area contributed by atoms with Gasteiger partial charge in [0.05, 0.1) is 0 Å². The van der Waals surface area contributed by atoms with Crippen molar-refractivity contribution in [3.8, 4) is 0 Å². The van der Waals surface area contributed by atoms with E-state index < -0.39 is 0 Å². The van der Waals surface area contributed by atoms with Crippen molar-refractivity contribution in [2.75, 3.05) is 7.11 Å². The fraction of sp³-hybridized carbons (Fsp3) is 0.625. The van der Waals surface area contributed by atoms with Crippen LogP contribution in [0.1, 0.15) is 19.8 Å². The lowest BCUT2D eigenvalue weighted by molar-refractivity contribution is -0.124. The minimum Gasteiger partial charge on any atom is -0.373 e. The van der Waals surface area contributed by atoms with Crippen molar-refractivity contribution in [2.45, 2.75) is 25.9 Å². The summed E-state index contributed by atoms with van der Waals surface area (Å²) in [7, 11) is 1.54. The zero-order chi connectivity index (χ0) is 7.98. The molecule has 0 heterocycles. The predicted molar refractivity (Wildman–Crippen MR) is 40.9 cm³/mol. The summed E-state index contributed by atoms with van der Waals surface area (Å²) in [6, 6.07) is 0. The van der Waals surface area contributed by atoms with Gasteiger partial charge in [0.25, 0.3) is 0 Å². The monoisotopic (exact) mass is 142 g/mol. The molecular formula is C8H14O2. The highest BCUT2D eigenvalue weighted by Gasteiger charge is 2.11. The lowest BCUT2D eigenvalue weighted by Crippen LogP contribution is -2.20. The van der Waals surface area contributed by atoms with Crippen LogP contribution in [0, 0.1) is 0 Å². The summed E-state index contributed by atoms with van der Waals surface area (Å²) < 4.78 is 4.92. The van der Waals surface area contributed by atoms with Crippen LogP contribution in [-0.2, 0) is 9.53 Å². The van der Waals surface area contributed by atoms with Gasteiger partial charge in [-0.3, -0.25) is 4.79 Å². The van der Waals surface area contributed by atoms with E-state index in [2.05, 4.69) is 6.58 Å². The van der Waals surface area contributed by atoms with Gasteiger partial charge in [-0.2, -0.15) is 0 Å². The summed E-state index contributed by atoms with van der Waals surface area (Å²) in [6.07, 6.45) is 2.77. The van der Waals surface area contributed by atoms with E-state index in [1.807, 2.05) is 6.92 Å². The fourth-order valence-corrected chi connectivity index (χ4v) is 0.770. The fourth-order valence-electron chi connectivity index (χ4n) is 0.770. The second kappa shape index (κ2) is 5.18. The molecule has 1 unspecified atom stereocenters. The number of carbonyl (C=O) groups excluding carboxylic acids is 1. The highest BCUT2D eigenvalue weighted by atomic mass is 16.5. The Labute approximate surface area is 61.9 Å². The zero-order valence-corrected chi connectivity index (χ0v) is 6.59. The van der Waals surface area contributed by atoms with Crippen LogP contribution in [0.5, 0.6) is 0 Å². The lowest BCUT2D eigenvalue weighted by Gasteiger charge is -2.09. The van der Waals surface area contributed by atoms with Crippen LogP contribution in [0.25, 0.3) is 0 Å². The second-order valence-electron chi connectivity index (χ2n) is 2.12. The van der Waals surface area contributed by atoms with Gasteiger partial charge < -0.3 is 4.74 Å². The number of carbonyl (C=O) groups is 1. The van der Waals surface area contributed by atoms with E-state index in [4.69, 9.17) is 4.74 Å². The predicted octanol–water partition coefficient (Wildman–Crippen LogP) is 1.56. The smallest absolute Gasteiger partial charge is 0.183 e. The molecule has 2 nitrogen and oxygen atoms in total. The number of hydrogen-bond acceptors (Lipinski definition) is 2. The highest BCUT2D eigenvalue weighted by molar-refractivity contribution is 5.92. The van der Waals surface area contributed by atoms with Gasteiger partial charge in [-0.15, -0.1) is 0 Å². The molecule has 0 N–H and O–H groups in total. The Hall–Kier alpha value is -0.630. The molecular weight excluding hydrogens is 128 g/mol. The van der Waals surface area contributed by atoms with E-state index in [1.165, 1.54) is 6.08 Å². The average molecular weight is 142 g/mol. The SMILES string of the molecule is C=CC(=O)C(CCC)OC. The molecule has 0 aliphatic rings. The number of hydrogen-bond donors (Lipinski definition) is 0. The largest absolute Gasteiger partial charge is 0.373 e. The van der Waals surface area contributed by atoms with Crippen LogP contribution in [0.2, 0.25) is 0 Å². The van der Waals surface area contributed by atoms with E-state index in [9.17, 15) is 4.79 Å². The maximum absolute atomic E-state index is 10.9. The first-order valence-corrected chi connectivity index (χ1v) is 3.45. The molecule has 0 fully saturated rings. The van der Waals surface area contributed by atoms with Gasteiger partial charge in [-0.05, 0) is 12.5 Å². The third-order valence-electron chi connectivity index (χ3n) is 1.35. The molecule has 0 radical (unpaired) electrons. The Morgan fingerprint density at radius 3 is 2.70 bits per heavy atom. The number of methoxy groups -OCH3 is 1. The molecule has 0 aromatic heterocycles. The maximum atomic E-state index is 10.9. The third kappa shape index (κ3) is 2.78. The van der Waals surface area contributed by atoms with E-state index in [0.29, 0.717) is 0 Å². The van der Waals surface area contributed by atoms with Crippen molar-refractivity contribution in [1.29, 1.82) is 0 Å². The van der Waals surface area contributed by atoms with Crippen LogP contribution in [-0.4, -0.2) is 19.0 Å². The van der Waals surface area contributed by atoms with Crippen LogP contribution >= 0.6 is 0 Å². The standard InChI is InChI=1S/C8H14O2/c1-4-6-8(10-3)7(9)5-2/h5,8H,2,4,6H2,1,3H3. The highest BCUT2D eigenvalue weighted by Crippen LogP contribution is 2.01. The molecule has 0 saturated heterocycles. The summed E-state index contributed by atoms with van der Waals surface area (Å²) in [5.41, 5.74) is 0. The molecule has 10 heavy (non-hydrogen) atoms. The Morgan fingerprint density at radius 1 is 1.80 bits per heavy atom. The van der Waals surface area contributed by atoms with Crippen molar-refractivity contribution >= 4 is 5.78 Å². The number of rotatable bonds is 5. The number of ketones is 1. The summed E-state index contributed by atoms with van der Waals surface area (Å²) in [5.74, 6) is -0.0237. The molecule has 0 bridgehead atoms. The van der Waals surface area contributed by atoms with Crippen LogP contribution < -0.4 is 0 Å². The topological polar surface area (TPSA) is 26.3 Å². The first kappa shape index (κ1) is 9.37. The van der Waals surface area contributed by atoms with Crippen LogP contribution in [0.15, 0.2) is 12.7 Å². The van der Waals surface area contributed by atoms with Crippen molar-refractivity contribution in [1.82, 2.24) is 0 Å². The van der Waals surface area contributed by atoms with E-state index in [1.54, 1.807) is 7.11 Å². The minimum absolute atomic E-state index is 0.0237. The summed E-state index contributed by atoms with van der Waals surface area (Å²) >= 11 is 0. The summed E-state index contributed by atoms with van der Waals surface area (Å²) in [4.78, 5) is 10.9. The molecule has 0 aromatic rings. The number of ether oxygens (including phenoxy) is 1. The second-order valence-corrected chi connectivity index (χ2v) is 2.12. The van der Waals surface area contributed by atoms with Gasteiger partial charge >= 0.3 is 0 Å². The Kier molecular flexibility index (Phi) is 4.85. The molecule has 0 spiro atoms. The van der Waals surface area contributed by atoms with Crippen molar-refractivity contribution in [2.24, 2.45) is 0 Å². The summed E-state index contributed by atoms with van der Waals surface area (Å²) in [6.45, 7) is 5.40. The zero-order valence-electron chi connectivity index (χ0n) is 6.59. The van der Waals surface area contributed by atoms with Crippen molar-refractivity contribution in [3.63, 3.8) is 0 Å². The molecule has 0 saturated carbocycles. The third-order valence-corrected chi connectivity index (χ3v) is 1.35.